The Morgan fingerprint density at radius 1 is 1.10 bits per heavy atom. The smallest absolute Gasteiger partial charge is 0.120 e. The summed E-state index contributed by atoms with van der Waals surface area (Å²) in [6, 6.07) is 12.7. The molecule has 106 valence electrons. The monoisotopic (exact) mass is 288 g/mol. The van der Waals surface area contributed by atoms with Gasteiger partial charge in [-0.05, 0) is 23.6 Å². The summed E-state index contributed by atoms with van der Waals surface area (Å²) in [6.45, 7) is 5.49. The molecule has 4 heteroatoms. The van der Waals surface area contributed by atoms with Crippen LogP contribution in [0.15, 0.2) is 41.8 Å². The number of methoxy groups -OCH3 is 1. The first-order valence-corrected chi connectivity index (χ1v) is 7.87. The lowest BCUT2D eigenvalue weighted by atomic mass is 10.2. The first-order chi connectivity index (χ1) is 9.85. The SMILES string of the molecule is COc1cccc(N2CCN(Cc3cccs3)CC2)c1. The molecule has 0 amide bonds. The maximum Gasteiger partial charge on any atom is 0.120 e. The van der Waals surface area contributed by atoms with Crippen molar-refractivity contribution >= 4 is 17.0 Å². The van der Waals surface area contributed by atoms with Crippen LogP contribution in [0.4, 0.5) is 5.69 Å². The lowest BCUT2D eigenvalue weighted by molar-refractivity contribution is 0.252. The van der Waals surface area contributed by atoms with E-state index in [0.29, 0.717) is 0 Å². The quantitative estimate of drug-likeness (QED) is 0.860. The second-order valence-electron chi connectivity index (χ2n) is 5.04. The van der Waals surface area contributed by atoms with Crippen molar-refractivity contribution in [2.24, 2.45) is 0 Å². The molecule has 2 aromatic rings. The lowest BCUT2D eigenvalue weighted by Crippen LogP contribution is -2.45. The zero-order chi connectivity index (χ0) is 13.8. The van der Waals surface area contributed by atoms with Crippen molar-refractivity contribution in [2.45, 2.75) is 6.54 Å². The summed E-state index contributed by atoms with van der Waals surface area (Å²) in [5.41, 5.74) is 1.26. The van der Waals surface area contributed by atoms with Crippen LogP contribution in [0.1, 0.15) is 4.88 Å². The first kappa shape index (κ1) is 13.5. The van der Waals surface area contributed by atoms with Crippen molar-refractivity contribution < 1.29 is 4.74 Å². The number of anilines is 1. The molecule has 1 aliphatic heterocycles. The number of piperazine rings is 1. The van der Waals surface area contributed by atoms with E-state index in [1.807, 2.05) is 17.4 Å². The maximum atomic E-state index is 5.30. The number of nitrogens with zero attached hydrogens (tertiary/aromatic N) is 2. The van der Waals surface area contributed by atoms with Crippen LogP contribution >= 0.6 is 11.3 Å². The number of benzene rings is 1. The second kappa shape index (κ2) is 6.29. The largest absolute Gasteiger partial charge is 0.497 e. The van der Waals surface area contributed by atoms with Gasteiger partial charge in [-0.15, -0.1) is 11.3 Å². The van der Waals surface area contributed by atoms with Crippen molar-refractivity contribution in [3.8, 4) is 5.75 Å². The molecule has 1 aromatic heterocycles. The second-order valence-corrected chi connectivity index (χ2v) is 6.08. The minimum atomic E-state index is 0.934. The molecule has 0 spiro atoms. The zero-order valence-corrected chi connectivity index (χ0v) is 12.6. The molecule has 1 aromatic carbocycles. The van der Waals surface area contributed by atoms with Gasteiger partial charge in [0.2, 0.25) is 0 Å². The molecule has 3 rings (SSSR count). The van der Waals surface area contributed by atoms with E-state index in [1.54, 1.807) is 7.11 Å². The van der Waals surface area contributed by atoms with Gasteiger partial charge in [-0.3, -0.25) is 4.90 Å². The summed E-state index contributed by atoms with van der Waals surface area (Å²) in [7, 11) is 1.72. The number of hydrogen-bond donors (Lipinski definition) is 0. The van der Waals surface area contributed by atoms with Gasteiger partial charge in [0.25, 0.3) is 0 Å². The highest BCUT2D eigenvalue weighted by Gasteiger charge is 2.17. The third-order valence-corrected chi connectivity index (χ3v) is 4.61. The van der Waals surface area contributed by atoms with Crippen LogP contribution < -0.4 is 9.64 Å². The van der Waals surface area contributed by atoms with E-state index < -0.39 is 0 Å². The Morgan fingerprint density at radius 3 is 2.65 bits per heavy atom. The summed E-state index contributed by atoms with van der Waals surface area (Å²) in [5.74, 6) is 0.934. The Morgan fingerprint density at radius 2 is 1.95 bits per heavy atom. The highest BCUT2D eigenvalue weighted by Crippen LogP contribution is 2.22. The van der Waals surface area contributed by atoms with Gasteiger partial charge in [0.1, 0.15) is 5.75 Å². The molecule has 1 aliphatic rings. The van der Waals surface area contributed by atoms with Crippen molar-refractivity contribution in [1.29, 1.82) is 0 Å². The minimum Gasteiger partial charge on any atom is -0.497 e. The molecule has 0 N–H and O–H groups in total. The van der Waals surface area contributed by atoms with Crippen LogP contribution in [0.2, 0.25) is 0 Å². The van der Waals surface area contributed by atoms with E-state index in [4.69, 9.17) is 4.74 Å². The topological polar surface area (TPSA) is 15.7 Å². The molecule has 0 aliphatic carbocycles. The number of hydrogen-bond acceptors (Lipinski definition) is 4. The average Bonchev–Trinajstić information content (AvgIpc) is 3.01. The van der Waals surface area contributed by atoms with Gasteiger partial charge in [-0.25, -0.2) is 0 Å². The van der Waals surface area contributed by atoms with Gasteiger partial charge in [-0.1, -0.05) is 12.1 Å². The molecule has 20 heavy (non-hydrogen) atoms. The van der Waals surface area contributed by atoms with Gasteiger partial charge >= 0.3 is 0 Å². The molecular formula is C16H20N2OS. The fourth-order valence-electron chi connectivity index (χ4n) is 2.59. The van der Waals surface area contributed by atoms with Crippen molar-refractivity contribution in [3.63, 3.8) is 0 Å². The normalized spacial score (nSPS) is 16.4. The summed E-state index contributed by atoms with van der Waals surface area (Å²) in [6.07, 6.45) is 0. The summed E-state index contributed by atoms with van der Waals surface area (Å²) >= 11 is 1.85. The number of rotatable bonds is 4. The molecule has 3 nitrogen and oxygen atoms in total. The molecular weight excluding hydrogens is 268 g/mol. The van der Waals surface area contributed by atoms with Gasteiger partial charge in [0.05, 0.1) is 7.11 Å². The minimum absolute atomic E-state index is 0.934. The predicted molar refractivity (Wildman–Crippen MR) is 84.8 cm³/mol. The Balaban J connectivity index is 1.57. The van der Waals surface area contributed by atoms with Crippen LogP contribution in [0.5, 0.6) is 5.75 Å². The van der Waals surface area contributed by atoms with E-state index in [2.05, 4.69) is 45.5 Å². The van der Waals surface area contributed by atoms with Crippen LogP contribution in [0.25, 0.3) is 0 Å². The van der Waals surface area contributed by atoms with Gasteiger partial charge < -0.3 is 9.64 Å². The number of ether oxygens (including phenoxy) is 1. The van der Waals surface area contributed by atoms with E-state index >= 15 is 0 Å². The number of thiophene rings is 1. The summed E-state index contributed by atoms with van der Waals surface area (Å²) in [4.78, 5) is 6.43. The molecule has 0 radical (unpaired) electrons. The third kappa shape index (κ3) is 3.14. The van der Waals surface area contributed by atoms with Crippen LogP contribution in [0.3, 0.4) is 0 Å². The first-order valence-electron chi connectivity index (χ1n) is 6.99. The fourth-order valence-corrected chi connectivity index (χ4v) is 3.34. The molecule has 2 heterocycles. The van der Waals surface area contributed by atoms with Crippen LogP contribution in [0, 0.1) is 0 Å². The van der Waals surface area contributed by atoms with E-state index in [1.165, 1.54) is 10.6 Å². The Kier molecular flexibility index (Phi) is 4.23. The van der Waals surface area contributed by atoms with Crippen LogP contribution in [-0.2, 0) is 6.54 Å². The van der Waals surface area contributed by atoms with Crippen molar-refractivity contribution in [3.05, 3.63) is 46.7 Å². The van der Waals surface area contributed by atoms with Gasteiger partial charge in [-0.2, -0.15) is 0 Å². The highest BCUT2D eigenvalue weighted by molar-refractivity contribution is 7.09. The molecule has 1 saturated heterocycles. The Labute approximate surface area is 124 Å². The van der Waals surface area contributed by atoms with Crippen molar-refractivity contribution in [2.75, 3.05) is 38.2 Å². The van der Waals surface area contributed by atoms with Crippen LogP contribution in [-0.4, -0.2) is 38.2 Å². The maximum absolute atomic E-state index is 5.30. The Hall–Kier alpha value is -1.52. The molecule has 0 atom stereocenters. The van der Waals surface area contributed by atoms with Gasteiger partial charge in [0.15, 0.2) is 0 Å². The van der Waals surface area contributed by atoms with Gasteiger partial charge in [0, 0.05) is 49.4 Å². The van der Waals surface area contributed by atoms with E-state index in [0.717, 1.165) is 38.5 Å². The zero-order valence-electron chi connectivity index (χ0n) is 11.8. The molecule has 0 saturated carbocycles. The average molecular weight is 288 g/mol. The molecule has 0 unspecified atom stereocenters. The predicted octanol–water partition coefficient (Wildman–Crippen LogP) is 3.08. The highest BCUT2D eigenvalue weighted by atomic mass is 32.1. The third-order valence-electron chi connectivity index (χ3n) is 3.75. The Bertz CT molecular complexity index is 533. The summed E-state index contributed by atoms with van der Waals surface area (Å²) < 4.78 is 5.30. The fraction of sp³-hybridized carbons (Fsp3) is 0.375. The van der Waals surface area contributed by atoms with E-state index in [-0.39, 0.29) is 0 Å². The van der Waals surface area contributed by atoms with Crippen molar-refractivity contribution in [1.82, 2.24) is 4.90 Å². The molecule has 0 bridgehead atoms. The standard InChI is InChI=1S/C16H20N2OS/c1-19-15-5-2-4-14(12-15)18-9-7-17(8-10-18)13-16-6-3-11-20-16/h2-6,11-12H,7-10,13H2,1H3. The summed E-state index contributed by atoms with van der Waals surface area (Å²) in [5, 5.41) is 2.15. The van der Waals surface area contributed by atoms with E-state index in [9.17, 15) is 0 Å². The molecule has 1 fully saturated rings. The lowest BCUT2D eigenvalue weighted by Gasteiger charge is -2.36.